The number of nitrogens with zero attached hydrogens (tertiary/aromatic N) is 2. The number of nitrogens with two attached hydrogens (primary N) is 1. The molecule has 0 radical (unpaired) electrons. The Labute approximate surface area is 136 Å². The summed E-state index contributed by atoms with van der Waals surface area (Å²) in [5.41, 5.74) is 7.32. The van der Waals surface area contributed by atoms with Gasteiger partial charge in [0.25, 0.3) is 0 Å². The van der Waals surface area contributed by atoms with Crippen molar-refractivity contribution in [2.45, 2.75) is 19.9 Å². The van der Waals surface area contributed by atoms with Gasteiger partial charge in [-0.3, -0.25) is 9.69 Å². The molecule has 21 heavy (non-hydrogen) atoms. The number of likely N-dealkylation sites (N-methyl/N-ethyl adjacent to an activating group) is 1. The fraction of sp³-hybridized carbons (Fsp3) is 0.467. The van der Waals surface area contributed by atoms with Crippen molar-refractivity contribution in [3.05, 3.63) is 34.3 Å². The number of halogens is 1. The Kier molecular flexibility index (Phi) is 7.08. The molecule has 0 heterocycles. The third-order valence-electron chi connectivity index (χ3n) is 3.13. The third kappa shape index (κ3) is 5.61. The van der Waals surface area contributed by atoms with Gasteiger partial charge in [0.1, 0.15) is 4.99 Å². The summed E-state index contributed by atoms with van der Waals surface area (Å²) >= 11 is 11.2. The van der Waals surface area contributed by atoms with Gasteiger partial charge in [0.2, 0.25) is 5.91 Å². The number of rotatable bonds is 7. The Bertz CT molecular complexity index is 520. The fourth-order valence-corrected chi connectivity index (χ4v) is 2.30. The normalized spacial score (nSPS) is 10.7. The molecule has 0 saturated carbocycles. The van der Waals surface area contributed by atoms with Crippen LogP contribution in [0.2, 0.25) is 5.02 Å². The molecule has 0 spiro atoms. The summed E-state index contributed by atoms with van der Waals surface area (Å²) in [5, 5.41) is 0.624. The first-order chi connectivity index (χ1) is 9.85. The molecule has 6 heteroatoms. The van der Waals surface area contributed by atoms with E-state index in [1.54, 1.807) is 25.1 Å². The molecular weight excluding hydrogens is 306 g/mol. The molecule has 1 rings (SSSR count). The summed E-state index contributed by atoms with van der Waals surface area (Å²) in [5.74, 6) is 0.0827. The van der Waals surface area contributed by atoms with Gasteiger partial charge in [-0.1, -0.05) is 42.9 Å². The summed E-state index contributed by atoms with van der Waals surface area (Å²) in [7, 11) is 3.52. The SMILES string of the molecule is CCCN(CC(=O)N(C)C)Cc1ccc(C(N)=S)cc1Cl. The van der Waals surface area contributed by atoms with Gasteiger partial charge >= 0.3 is 0 Å². The summed E-state index contributed by atoms with van der Waals surface area (Å²) in [6, 6.07) is 5.55. The highest BCUT2D eigenvalue weighted by Gasteiger charge is 2.14. The Hall–Kier alpha value is -1.17. The van der Waals surface area contributed by atoms with Crippen molar-refractivity contribution >= 4 is 34.7 Å². The highest BCUT2D eigenvalue weighted by molar-refractivity contribution is 7.80. The predicted octanol–water partition coefficient (Wildman–Crippen LogP) is 2.27. The van der Waals surface area contributed by atoms with Crippen molar-refractivity contribution in [1.29, 1.82) is 0 Å². The zero-order chi connectivity index (χ0) is 16.0. The highest BCUT2D eigenvalue weighted by atomic mass is 35.5. The number of carbonyl (C=O) groups is 1. The molecular formula is C15H22ClN3OS. The Morgan fingerprint density at radius 1 is 1.38 bits per heavy atom. The molecule has 2 N–H and O–H groups in total. The quantitative estimate of drug-likeness (QED) is 0.781. The molecule has 116 valence electrons. The number of carbonyl (C=O) groups excluding carboxylic acids is 1. The first-order valence-electron chi connectivity index (χ1n) is 6.85. The average molecular weight is 328 g/mol. The second-order valence-electron chi connectivity index (χ2n) is 5.17. The van der Waals surface area contributed by atoms with E-state index in [0.29, 0.717) is 23.1 Å². The maximum Gasteiger partial charge on any atom is 0.236 e. The van der Waals surface area contributed by atoms with Crippen LogP contribution < -0.4 is 5.73 Å². The monoisotopic (exact) mass is 327 g/mol. The minimum atomic E-state index is 0.0827. The molecule has 0 atom stereocenters. The number of hydrogen-bond donors (Lipinski definition) is 1. The van der Waals surface area contributed by atoms with Crippen LogP contribution in [0.25, 0.3) is 0 Å². The van der Waals surface area contributed by atoms with Gasteiger partial charge in [0.05, 0.1) is 6.54 Å². The lowest BCUT2D eigenvalue weighted by Gasteiger charge is -2.23. The van der Waals surface area contributed by atoms with E-state index in [-0.39, 0.29) is 5.91 Å². The average Bonchev–Trinajstić information content (AvgIpc) is 2.40. The van der Waals surface area contributed by atoms with Crippen LogP contribution in [0.5, 0.6) is 0 Å². The topological polar surface area (TPSA) is 49.6 Å². The van der Waals surface area contributed by atoms with Crippen molar-refractivity contribution in [3.8, 4) is 0 Å². The molecule has 0 bridgehead atoms. The van der Waals surface area contributed by atoms with Gasteiger partial charge in [0.15, 0.2) is 0 Å². The molecule has 1 aromatic carbocycles. The van der Waals surface area contributed by atoms with Gasteiger partial charge < -0.3 is 10.6 Å². The molecule has 0 unspecified atom stereocenters. The molecule has 0 fully saturated rings. The number of amides is 1. The molecule has 4 nitrogen and oxygen atoms in total. The van der Waals surface area contributed by atoms with Crippen molar-refractivity contribution in [2.24, 2.45) is 5.73 Å². The summed E-state index contributed by atoms with van der Waals surface area (Å²) in [6.07, 6.45) is 0.975. The van der Waals surface area contributed by atoms with Gasteiger partial charge in [-0.25, -0.2) is 0 Å². The van der Waals surface area contributed by atoms with Crippen LogP contribution in [-0.2, 0) is 11.3 Å². The number of hydrogen-bond acceptors (Lipinski definition) is 3. The van der Waals surface area contributed by atoms with Crippen LogP contribution in [-0.4, -0.2) is 47.9 Å². The van der Waals surface area contributed by atoms with Crippen LogP contribution in [0.3, 0.4) is 0 Å². The molecule has 0 aliphatic carbocycles. The van der Waals surface area contributed by atoms with Crippen LogP contribution in [0.4, 0.5) is 0 Å². The predicted molar refractivity (Wildman–Crippen MR) is 91.6 cm³/mol. The fourth-order valence-electron chi connectivity index (χ4n) is 1.93. The minimum Gasteiger partial charge on any atom is -0.389 e. The lowest BCUT2D eigenvalue weighted by molar-refractivity contribution is -0.130. The van der Waals surface area contributed by atoms with E-state index in [9.17, 15) is 4.79 Å². The summed E-state index contributed by atoms with van der Waals surface area (Å²) in [6.45, 7) is 3.94. The van der Waals surface area contributed by atoms with Crippen LogP contribution in [0.1, 0.15) is 24.5 Å². The van der Waals surface area contributed by atoms with Crippen molar-refractivity contribution < 1.29 is 4.79 Å². The Morgan fingerprint density at radius 3 is 2.52 bits per heavy atom. The molecule has 0 aliphatic heterocycles. The maximum atomic E-state index is 11.9. The minimum absolute atomic E-state index is 0.0827. The van der Waals surface area contributed by atoms with Gasteiger partial charge in [0, 0.05) is 31.2 Å². The lowest BCUT2D eigenvalue weighted by Crippen LogP contribution is -2.36. The first-order valence-corrected chi connectivity index (χ1v) is 7.64. The van der Waals surface area contributed by atoms with E-state index in [0.717, 1.165) is 24.1 Å². The Morgan fingerprint density at radius 2 is 2.05 bits per heavy atom. The van der Waals surface area contributed by atoms with E-state index in [2.05, 4.69) is 11.8 Å². The zero-order valence-electron chi connectivity index (χ0n) is 12.7. The van der Waals surface area contributed by atoms with E-state index in [1.165, 1.54) is 0 Å². The second kappa shape index (κ2) is 8.32. The second-order valence-corrected chi connectivity index (χ2v) is 6.02. The Balaban J connectivity index is 2.83. The zero-order valence-corrected chi connectivity index (χ0v) is 14.3. The maximum absolute atomic E-state index is 11.9. The van der Waals surface area contributed by atoms with Crippen LogP contribution in [0, 0.1) is 0 Å². The van der Waals surface area contributed by atoms with E-state index >= 15 is 0 Å². The van der Waals surface area contributed by atoms with E-state index in [4.69, 9.17) is 29.6 Å². The van der Waals surface area contributed by atoms with Gasteiger partial charge in [-0.2, -0.15) is 0 Å². The largest absolute Gasteiger partial charge is 0.389 e. The van der Waals surface area contributed by atoms with E-state index < -0.39 is 0 Å². The molecule has 1 aromatic rings. The molecule has 0 aliphatic rings. The number of benzene rings is 1. The van der Waals surface area contributed by atoms with E-state index in [1.807, 2.05) is 12.1 Å². The third-order valence-corrected chi connectivity index (χ3v) is 3.72. The smallest absolute Gasteiger partial charge is 0.236 e. The summed E-state index contributed by atoms with van der Waals surface area (Å²) in [4.78, 5) is 15.9. The molecule has 0 saturated heterocycles. The number of thiocarbonyl (C=S) groups is 1. The van der Waals surface area contributed by atoms with Crippen molar-refractivity contribution in [1.82, 2.24) is 9.80 Å². The summed E-state index contributed by atoms with van der Waals surface area (Å²) < 4.78 is 0. The lowest BCUT2D eigenvalue weighted by atomic mass is 10.1. The van der Waals surface area contributed by atoms with Gasteiger partial charge in [-0.15, -0.1) is 0 Å². The highest BCUT2D eigenvalue weighted by Crippen LogP contribution is 2.20. The van der Waals surface area contributed by atoms with Crippen LogP contribution >= 0.6 is 23.8 Å². The standard InChI is InChI=1S/C15H22ClN3OS/c1-4-7-19(10-14(20)18(2)3)9-12-6-5-11(15(17)21)8-13(12)16/h5-6,8H,4,7,9-10H2,1-3H3,(H2,17,21). The molecule has 0 aromatic heterocycles. The van der Waals surface area contributed by atoms with Gasteiger partial charge in [-0.05, 0) is 24.6 Å². The first kappa shape index (κ1) is 17.9. The molecule has 1 amide bonds. The van der Waals surface area contributed by atoms with Crippen LogP contribution in [0.15, 0.2) is 18.2 Å². The van der Waals surface area contributed by atoms with Crippen molar-refractivity contribution in [3.63, 3.8) is 0 Å². The van der Waals surface area contributed by atoms with Crippen molar-refractivity contribution in [2.75, 3.05) is 27.2 Å².